The molecule has 0 spiro atoms. The van der Waals surface area contributed by atoms with Crippen LogP contribution in [-0.2, 0) is 19.1 Å². The first-order valence-corrected chi connectivity index (χ1v) is 13.3. The smallest absolute Gasteiger partial charge is 0.333 e. The van der Waals surface area contributed by atoms with Crippen LogP contribution in [0.1, 0.15) is 72.8 Å². The maximum atomic E-state index is 13.6. The Morgan fingerprint density at radius 1 is 1.19 bits per heavy atom. The summed E-state index contributed by atoms with van der Waals surface area (Å²) in [6.07, 6.45) is 9.79. The molecule has 0 bridgehead atoms. The number of carbonyl (C=O) groups is 3. The first-order chi connectivity index (χ1) is 17.2. The zero-order valence-corrected chi connectivity index (χ0v) is 22.8. The van der Waals surface area contributed by atoms with Crippen LogP contribution in [0.3, 0.4) is 0 Å². The fourth-order valence-corrected chi connectivity index (χ4v) is 8.80. The van der Waals surface area contributed by atoms with E-state index in [1.165, 1.54) is 0 Å². The molecule has 1 heterocycles. The normalized spacial score (nSPS) is 42.5. The van der Waals surface area contributed by atoms with Gasteiger partial charge in [-0.1, -0.05) is 46.8 Å². The number of hydrogen-bond donors (Lipinski definition) is 1. The number of furan rings is 1. The highest BCUT2D eigenvalue weighted by atomic mass is 16.6. The second-order valence-corrected chi connectivity index (χ2v) is 12.8. The largest absolute Gasteiger partial charge is 0.472 e. The Hall–Kier alpha value is -2.73. The van der Waals surface area contributed by atoms with Crippen LogP contribution < -0.4 is 0 Å². The highest BCUT2D eigenvalue weighted by Crippen LogP contribution is 2.72. The van der Waals surface area contributed by atoms with Gasteiger partial charge in [0, 0.05) is 33.3 Å². The molecular formula is C31H38O6. The van der Waals surface area contributed by atoms with E-state index < -0.39 is 51.7 Å². The van der Waals surface area contributed by atoms with Crippen molar-refractivity contribution in [1.82, 2.24) is 0 Å². The zero-order chi connectivity index (χ0) is 27.1. The molecule has 0 aromatic carbocycles. The maximum Gasteiger partial charge on any atom is 0.333 e. The van der Waals surface area contributed by atoms with Crippen molar-refractivity contribution in [2.24, 2.45) is 33.5 Å². The summed E-state index contributed by atoms with van der Waals surface area (Å²) < 4.78 is 11.6. The van der Waals surface area contributed by atoms with Gasteiger partial charge in [-0.25, -0.2) is 4.79 Å². The average molecular weight is 507 g/mol. The maximum absolute atomic E-state index is 13.6. The van der Waals surface area contributed by atoms with Gasteiger partial charge in [-0.3, -0.25) is 9.59 Å². The Morgan fingerprint density at radius 2 is 1.89 bits per heavy atom. The summed E-state index contributed by atoms with van der Waals surface area (Å²) >= 11 is 0. The van der Waals surface area contributed by atoms with E-state index in [2.05, 4.69) is 20.8 Å². The number of aliphatic hydroxyl groups is 1. The molecule has 0 unspecified atom stereocenters. The topological polar surface area (TPSA) is 93.8 Å². The number of esters is 1. The fourth-order valence-electron chi connectivity index (χ4n) is 8.80. The van der Waals surface area contributed by atoms with Crippen molar-refractivity contribution >= 4 is 17.5 Å². The number of carbonyl (C=O) groups excluding carboxylic acids is 3. The molecule has 198 valence electrons. The molecule has 2 fully saturated rings. The summed E-state index contributed by atoms with van der Waals surface area (Å²) in [5, 5.41) is 12.1. The number of allylic oxidation sites excluding steroid dienone is 4. The summed E-state index contributed by atoms with van der Waals surface area (Å²) in [4.78, 5) is 39.8. The van der Waals surface area contributed by atoms with Crippen LogP contribution >= 0.6 is 0 Å². The molecule has 8 atom stereocenters. The summed E-state index contributed by atoms with van der Waals surface area (Å²) in [6.45, 7) is 13.5. The third-order valence-electron chi connectivity index (χ3n) is 10.6. The van der Waals surface area contributed by atoms with E-state index in [9.17, 15) is 19.5 Å². The monoisotopic (exact) mass is 506 g/mol. The van der Waals surface area contributed by atoms with E-state index in [0.717, 1.165) is 24.0 Å². The van der Waals surface area contributed by atoms with Crippen molar-refractivity contribution < 1.29 is 28.6 Å². The molecule has 0 aliphatic heterocycles. The van der Waals surface area contributed by atoms with Crippen LogP contribution in [0, 0.1) is 33.5 Å². The first-order valence-electron chi connectivity index (χ1n) is 13.3. The number of aliphatic hydroxyl groups excluding tert-OH is 1. The lowest BCUT2D eigenvalue weighted by molar-refractivity contribution is -0.227. The SMILES string of the molecule is CC=C(C)C(=O)O[C@H]1[C@@H](O)[C@H]2C(C)(C)C(=O)C=C[C@@]2(C)[C@@H]2CC[C@]3(C)C(=CC(=O)[C@H]3c3ccoc3)[C@]12C. The Labute approximate surface area is 218 Å². The van der Waals surface area contributed by atoms with Crippen LogP contribution in [0.5, 0.6) is 0 Å². The van der Waals surface area contributed by atoms with Crippen molar-refractivity contribution in [3.8, 4) is 0 Å². The van der Waals surface area contributed by atoms with Crippen molar-refractivity contribution in [2.45, 2.75) is 79.4 Å². The molecule has 0 saturated heterocycles. The average Bonchev–Trinajstić information content (AvgIpc) is 3.44. The van der Waals surface area contributed by atoms with Gasteiger partial charge in [0.1, 0.15) is 6.10 Å². The van der Waals surface area contributed by atoms with Gasteiger partial charge < -0.3 is 14.3 Å². The predicted octanol–water partition coefficient (Wildman–Crippen LogP) is 5.34. The number of rotatable bonds is 3. The van der Waals surface area contributed by atoms with Crippen molar-refractivity contribution in [1.29, 1.82) is 0 Å². The molecule has 4 aliphatic rings. The number of ether oxygens (including phenoxy) is 1. The lowest BCUT2D eigenvalue weighted by Crippen LogP contribution is -2.70. The molecule has 0 radical (unpaired) electrons. The Morgan fingerprint density at radius 3 is 2.51 bits per heavy atom. The summed E-state index contributed by atoms with van der Waals surface area (Å²) in [7, 11) is 0. The number of hydrogen-bond acceptors (Lipinski definition) is 6. The van der Waals surface area contributed by atoms with E-state index in [1.54, 1.807) is 44.6 Å². The minimum Gasteiger partial charge on any atom is -0.472 e. The molecule has 1 aromatic rings. The highest BCUT2D eigenvalue weighted by molar-refractivity contribution is 6.01. The van der Waals surface area contributed by atoms with Crippen molar-refractivity contribution in [3.63, 3.8) is 0 Å². The molecule has 1 aromatic heterocycles. The second kappa shape index (κ2) is 8.13. The van der Waals surface area contributed by atoms with Gasteiger partial charge in [0.05, 0.1) is 24.5 Å². The van der Waals surface area contributed by atoms with E-state index in [-0.39, 0.29) is 17.5 Å². The van der Waals surface area contributed by atoms with E-state index in [1.807, 2.05) is 26.0 Å². The van der Waals surface area contributed by atoms with Crippen LogP contribution in [0.4, 0.5) is 0 Å². The van der Waals surface area contributed by atoms with Gasteiger partial charge in [0.15, 0.2) is 11.6 Å². The highest BCUT2D eigenvalue weighted by Gasteiger charge is 2.72. The van der Waals surface area contributed by atoms with E-state index in [4.69, 9.17) is 9.15 Å². The van der Waals surface area contributed by atoms with E-state index >= 15 is 0 Å². The summed E-state index contributed by atoms with van der Waals surface area (Å²) in [6, 6.07) is 1.84. The van der Waals surface area contributed by atoms with Gasteiger partial charge in [0.25, 0.3) is 0 Å². The quantitative estimate of drug-likeness (QED) is 0.440. The third kappa shape index (κ3) is 3.24. The van der Waals surface area contributed by atoms with Crippen LogP contribution in [0.2, 0.25) is 0 Å². The first kappa shape index (κ1) is 25.9. The Bertz CT molecular complexity index is 1250. The molecule has 5 rings (SSSR count). The Kier molecular flexibility index (Phi) is 5.69. The number of ketones is 2. The lowest BCUT2D eigenvalue weighted by Gasteiger charge is -2.67. The van der Waals surface area contributed by atoms with Crippen LogP contribution in [-0.4, -0.2) is 34.9 Å². The third-order valence-corrected chi connectivity index (χ3v) is 10.6. The van der Waals surface area contributed by atoms with Gasteiger partial charge in [0.2, 0.25) is 0 Å². The molecule has 6 nitrogen and oxygen atoms in total. The molecular weight excluding hydrogens is 468 g/mol. The molecule has 0 amide bonds. The molecule has 37 heavy (non-hydrogen) atoms. The van der Waals surface area contributed by atoms with Gasteiger partial charge in [-0.2, -0.15) is 0 Å². The van der Waals surface area contributed by atoms with Crippen molar-refractivity contribution in [3.05, 3.63) is 59.6 Å². The standard InChI is InChI=1S/C31H38O6/c1-8-17(2)27(35)37-26-24(34)25-28(3,4)22(33)10-13-30(25,6)20-9-12-29(5)21(31(20,26)7)15-19(32)23(29)18-11-14-36-16-18/h8,10-11,13-16,20,23-26,34H,9,12H2,1-7H3/t20-,23+,24-,25-,26-,29+,30-,31+/m0/s1. The molecule has 1 N–H and O–H groups in total. The van der Waals surface area contributed by atoms with Gasteiger partial charge in [-0.05, 0) is 61.8 Å². The van der Waals surface area contributed by atoms with E-state index in [0.29, 0.717) is 5.57 Å². The fraction of sp³-hybridized carbons (Fsp3) is 0.581. The lowest BCUT2D eigenvalue weighted by atomic mass is 9.38. The molecule has 6 heteroatoms. The Balaban J connectivity index is 1.72. The summed E-state index contributed by atoms with van der Waals surface area (Å²) in [5.41, 5.74) is -0.511. The molecule has 4 aliphatic carbocycles. The zero-order valence-electron chi connectivity index (χ0n) is 22.8. The summed E-state index contributed by atoms with van der Waals surface area (Å²) in [5.74, 6) is -1.43. The van der Waals surface area contributed by atoms with Gasteiger partial charge >= 0.3 is 5.97 Å². The minimum atomic E-state index is -1.10. The number of fused-ring (bicyclic) bond motifs is 5. The van der Waals surface area contributed by atoms with Crippen LogP contribution in [0.25, 0.3) is 0 Å². The van der Waals surface area contributed by atoms with Gasteiger partial charge in [-0.15, -0.1) is 0 Å². The predicted molar refractivity (Wildman–Crippen MR) is 138 cm³/mol. The molecule has 2 saturated carbocycles. The van der Waals surface area contributed by atoms with Crippen molar-refractivity contribution in [2.75, 3.05) is 0 Å². The second-order valence-electron chi connectivity index (χ2n) is 12.8. The minimum absolute atomic E-state index is 0.00643. The van der Waals surface area contributed by atoms with Crippen LogP contribution in [0.15, 0.2) is 58.5 Å².